The molecule has 1 fully saturated rings. The standard InChI is InChI=1S/C11H13NO3S/c13-8-3-1-2-4-9(8)16-11(5-10(14)15)6-12-7-11/h1-4,12-13H,5-7H2,(H,14,15). The van der Waals surface area contributed by atoms with Gasteiger partial charge in [-0.05, 0) is 12.1 Å². The number of benzene rings is 1. The van der Waals surface area contributed by atoms with Gasteiger partial charge < -0.3 is 15.5 Å². The smallest absolute Gasteiger partial charge is 0.304 e. The topological polar surface area (TPSA) is 69.6 Å². The largest absolute Gasteiger partial charge is 0.507 e. The Hall–Kier alpha value is -1.20. The van der Waals surface area contributed by atoms with E-state index < -0.39 is 5.97 Å². The highest BCUT2D eigenvalue weighted by Crippen LogP contribution is 2.42. The van der Waals surface area contributed by atoms with Crippen LogP contribution >= 0.6 is 11.8 Å². The van der Waals surface area contributed by atoms with Crippen molar-refractivity contribution < 1.29 is 15.0 Å². The number of hydrogen-bond acceptors (Lipinski definition) is 4. The van der Waals surface area contributed by atoms with E-state index in [4.69, 9.17) is 5.11 Å². The lowest BCUT2D eigenvalue weighted by molar-refractivity contribution is -0.138. The first-order valence-corrected chi connectivity index (χ1v) is 5.82. The predicted molar refractivity (Wildman–Crippen MR) is 61.8 cm³/mol. The Morgan fingerprint density at radius 2 is 2.12 bits per heavy atom. The average Bonchev–Trinajstić information content (AvgIpc) is 2.17. The van der Waals surface area contributed by atoms with Gasteiger partial charge in [-0.2, -0.15) is 0 Å². The van der Waals surface area contributed by atoms with Crippen LogP contribution in [0.25, 0.3) is 0 Å². The van der Waals surface area contributed by atoms with E-state index in [1.807, 2.05) is 12.1 Å². The fourth-order valence-corrected chi connectivity index (χ4v) is 3.02. The molecule has 2 rings (SSSR count). The Kier molecular flexibility index (Phi) is 3.07. The van der Waals surface area contributed by atoms with Gasteiger partial charge >= 0.3 is 5.97 Å². The van der Waals surface area contributed by atoms with E-state index in [1.165, 1.54) is 11.8 Å². The molecule has 1 aromatic rings. The van der Waals surface area contributed by atoms with E-state index >= 15 is 0 Å². The quantitative estimate of drug-likeness (QED) is 0.739. The van der Waals surface area contributed by atoms with Gasteiger partial charge in [-0.3, -0.25) is 4.79 Å². The van der Waals surface area contributed by atoms with Crippen LogP contribution < -0.4 is 5.32 Å². The summed E-state index contributed by atoms with van der Waals surface area (Å²) in [6.45, 7) is 1.33. The average molecular weight is 239 g/mol. The molecule has 0 unspecified atom stereocenters. The van der Waals surface area contributed by atoms with Crippen molar-refractivity contribution in [1.82, 2.24) is 5.32 Å². The van der Waals surface area contributed by atoms with Gasteiger partial charge in [0.05, 0.1) is 11.2 Å². The third kappa shape index (κ3) is 2.31. The summed E-state index contributed by atoms with van der Waals surface area (Å²) in [6, 6.07) is 7.01. The van der Waals surface area contributed by atoms with Crippen molar-refractivity contribution in [1.29, 1.82) is 0 Å². The van der Waals surface area contributed by atoms with Crippen LogP contribution in [0.4, 0.5) is 0 Å². The van der Waals surface area contributed by atoms with Crippen LogP contribution in [-0.2, 0) is 4.79 Å². The van der Waals surface area contributed by atoms with Crippen molar-refractivity contribution in [2.24, 2.45) is 0 Å². The van der Waals surface area contributed by atoms with Crippen molar-refractivity contribution in [3.63, 3.8) is 0 Å². The number of aliphatic carboxylic acids is 1. The lowest BCUT2D eigenvalue weighted by Gasteiger charge is -2.40. The molecule has 0 atom stereocenters. The number of thioether (sulfide) groups is 1. The number of nitrogens with one attached hydrogen (secondary N) is 1. The molecule has 1 aromatic carbocycles. The number of phenols is 1. The number of phenolic OH excluding ortho intramolecular Hbond substituents is 1. The van der Waals surface area contributed by atoms with Crippen molar-refractivity contribution >= 4 is 17.7 Å². The minimum absolute atomic E-state index is 0.110. The Bertz CT molecular complexity index is 404. The molecule has 0 aliphatic carbocycles. The second-order valence-electron chi connectivity index (χ2n) is 3.93. The Labute approximate surface area is 97.7 Å². The number of aromatic hydroxyl groups is 1. The van der Waals surface area contributed by atoms with Crippen LogP contribution in [-0.4, -0.2) is 34.0 Å². The van der Waals surface area contributed by atoms with Crippen LogP contribution in [0.15, 0.2) is 29.2 Å². The minimum atomic E-state index is -0.801. The van der Waals surface area contributed by atoms with E-state index in [0.717, 1.165) is 4.90 Å². The summed E-state index contributed by atoms with van der Waals surface area (Å²) in [5.74, 6) is -0.589. The SMILES string of the molecule is O=C(O)CC1(Sc2ccccc2O)CNC1. The van der Waals surface area contributed by atoms with Gasteiger partial charge in [0.15, 0.2) is 0 Å². The Morgan fingerprint density at radius 3 is 2.62 bits per heavy atom. The fourth-order valence-electron chi connectivity index (χ4n) is 1.69. The lowest BCUT2D eigenvalue weighted by Crippen LogP contribution is -2.57. The highest BCUT2D eigenvalue weighted by Gasteiger charge is 2.40. The molecular weight excluding hydrogens is 226 g/mol. The van der Waals surface area contributed by atoms with E-state index in [9.17, 15) is 9.90 Å². The van der Waals surface area contributed by atoms with E-state index in [0.29, 0.717) is 13.1 Å². The van der Waals surface area contributed by atoms with Crippen LogP contribution in [0.2, 0.25) is 0 Å². The Balaban J connectivity index is 2.13. The first-order chi connectivity index (χ1) is 7.61. The molecular formula is C11H13NO3S. The summed E-state index contributed by atoms with van der Waals surface area (Å²) in [5, 5.41) is 21.6. The molecule has 0 radical (unpaired) electrons. The summed E-state index contributed by atoms with van der Waals surface area (Å²) in [7, 11) is 0. The molecule has 3 N–H and O–H groups in total. The second kappa shape index (κ2) is 4.35. The number of hydrogen-bond donors (Lipinski definition) is 3. The van der Waals surface area contributed by atoms with E-state index in [-0.39, 0.29) is 16.9 Å². The molecule has 0 saturated carbocycles. The van der Waals surface area contributed by atoms with Crippen LogP contribution in [0.3, 0.4) is 0 Å². The molecule has 1 saturated heterocycles. The summed E-state index contributed by atoms with van der Waals surface area (Å²) >= 11 is 1.44. The van der Waals surface area contributed by atoms with E-state index in [2.05, 4.69) is 5.32 Å². The highest BCUT2D eigenvalue weighted by atomic mass is 32.2. The maximum Gasteiger partial charge on any atom is 0.304 e. The number of carboxylic acid groups (broad SMARTS) is 1. The predicted octanol–water partition coefficient (Wildman–Crippen LogP) is 1.30. The van der Waals surface area contributed by atoms with Gasteiger partial charge in [-0.15, -0.1) is 11.8 Å². The molecule has 1 aliphatic rings. The van der Waals surface area contributed by atoms with E-state index in [1.54, 1.807) is 12.1 Å². The fraction of sp³-hybridized carbons (Fsp3) is 0.364. The summed E-state index contributed by atoms with van der Waals surface area (Å²) in [4.78, 5) is 11.5. The molecule has 0 amide bonds. The number of carboxylic acids is 1. The maximum absolute atomic E-state index is 10.8. The van der Waals surface area contributed by atoms with Crippen molar-refractivity contribution in [2.75, 3.05) is 13.1 Å². The number of rotatable bonds is 4. The van der Waals surface area contributed by atoms with Gasteiger partial charge in [-0.1, -0.05) is 12.1 Å². The molecule has 1 aliphatic heterocycles. The zero-order valence-electron chi connectivity index (χ0n) is 8.64. The molecule has 1 heterocycles. The van der Waals surface area contributed by atoms with Crippen molar-refractivity contribution in [3.05, 3.63) is 24.3 Å². The normalized spacial score (nSPS) is 17.8. The third-order valence-corrected chi connectivity index (χ3v) is 3.99. The molecule has 4 nitrogen and oxygen atoms in total. The van der Waals surface area contributed by atoms with Gasteiger partial charge in [0.25, 0.3) is 0 Å². The van der Waals surface area contributed by atoms with Crippen LogP contribution in [0, 0.1) is 0 Å². The molecule has 0 spiro atoms. The summed E-state index contributed by atoms with van der Waals surface area (Å²) in [6.07, 6.45) is 0.110. The molecule has 0 bridgehead atoms. The summed E-state index contributed by atoms with van der Waals surface area (Å²) in [5.41, 5.74) is 0. The zero-order chi connectivity index (χ0) is 11.6. The van der Waals surface area contributed by atoms with Gasteiger partial charge in [0.2, 0.25) is 0 Å². The first kappa shape index (κ1) is 11.3. The zero-order valence-corrected chi connectivity index (χ0v) is 9.46. The second-order valence-corrected chi connectivity index (χ2v) is 5.44. The van der Waals surface area contributed by atoms with Gasteiger partial charge in [0, 0.05) is 18.0 Å². The van der Waals surface area contributed by atoms with Crippen LogP contribution in [0.5, 0.6) is 5.75 Å². The number of carbonyl (C=O) groups is 1. The summed E-state index contributed by atoms with van der Waals surface area (Å²) < 4.78 is -0.315. The molecule has 86 valence electrons. The van der Waals surface area contributed by atoms with Crippen LogP contribution in [0.1, 0.15) is 6.42 Å². The molecule has 5 heteroatoms. The first-order valence-electron chi connectivity index (χ1n) is 5.01. The minimum Gasteiger partial charge on any atom is -0.507 e. The lowest BCUT2D eigenvalue weighted by atomic mass is 9.98. The van der Waals surface area contributed by atoms with Crippen molar-refractivity contribution in [2.45, 2.75) is 16.1 Å². The van der Waals surface area contributed by atoms with Gasteiger partial charge in [0.1, 0.15) is 5.75 Å². The van der Waals surface area contributed by atoms with Gasteiger partial charge in [-0.25, -0.2) is 0 Å². The maximum atomic E-state index is 10.8. The monoisotopic (exact) mass is 239 g/mol. The molecule has 0 aromatic heterocycles. The van der Waals surface area contributed by atoms with Crippen molar-refractivity contribution in [3.8, 4) is 5.75 Å². The molecule has 16 heavy (non-hydrogen) atoms. The third-order valence-electron chi connectivity index (χ3n) is 2.56. The highest BCUT2D eigenvalue weighted by molar-refractivity contribution is 8.01. The Morgan fingerprint density at radius 1 is 1.44 bits per heavy atom. The number of para-hydroxylation sites is 1.